The van der Waals surface area contributed by atoms with Gasteiger partial charge in [0.25, 0.3) is 0 Å². The molecule has 0 aliphatic heterocycles. The molecule has 0 bridgehead atoms. The Hall–Kier alpha value is -2.56. The van der Waals surface area contributed by atoms with E-state index in [1.54, 1.807) is 6.07 Å². The van der Waals surface area contributed by atoms with Gasteiger partial charge in [0.2, 0.25) is 0 Å². The van der Waals surface area contributed by atoms with Crippen LogP contribution in [0.1, 0.15) is 11.1 Å². The second-order valence-corrected chi connectivity index (χ2v) is 4.72. The molecular formula is C14H7N3S. The fraction of sp³-hybridized carbons (Fsp3) is 0. The Labute approximate surface area is 108 Å². The third-order valence-corrected chi connectivity index (χ3v) is 3.76. The van der Waals surface area contributed by atoms with Gasteiger partial charge in [-0.1, -0.05) is 18.2 Å². The number of benzene rings is 1. The number of aromatic nitrogens is 1. The van der Waals surface area contributed by atoms with Gasteiger partial charge in [-0.2, -0.15) is 10.5 Å². The Bertz CT molecular complexity index is 812. The lowest BCUT2D eigenvalue weighted by molar-refractivity contribution is 1.44. The fourth-order valence-corrected chi connectivity index (χ4v) is 2.87. The molecule has 0 fully saturated rings. The van der Waals surface area contributed by atoms with Crippen LogP contribution < -0.4 is 0 Å². The number of nitrogens with one attached hydrogen (secondary N) is 1. The minimum Gasteiger partial charge on any atom is -0.353 e. The lowest BCUT2D eigenvalue weighted by atomic mass is 10.1. The van der Waals surface area contributed by atoms with E-state index >= 15 is 0 Å². The van der Waals surface area contributed by atoms with Crippen LogP contribution in [0.5, 0.6) is 0 Å². The largest absolute Gasteiger partial charge is 0.353 e. The van der Waals surface area contributed by atoms with E-state index in [4.69, 9.17) is 5.26 Å². The van der Waals surface area contributed by atoms with Gasteiger partial charge in [-0.15, -0.1) is 11.3 Å². The number of para-hydroxylation sites is 1. The summed E-state index contributed by atoms with van der Waals surface area (Å²) in [5, 5.41) is 21.1. The first-order chi connectivity index (χ1) is 8.85. The smallest absolute Gasteiger partial charge is 0.102 e. The molecule has 1 N–H and O–H groups in total. The summed E-state index contributed by atoms with van der Waals surface area (Å²) in [7, 11) is 0. The summed E-state index contributed by atoms with van der Waals surface area (Å²) >= 11 is 1.47. The van der Waals surface area contributed by atoms with E-state index < -0.39 is 0 Å². The summed E-state index contributed by atoms with van der Waals surface area (Å²) in [6, 6.07) is 13.8. The minimum atomic E-state index is 0.600. The van der Waals surface area contributed by atoms with Gasteiger partial charge < -0.3 is 4.98 Å². The Morgan fingerprint density at radius 2 is 1.89 bits per heavy atom. The van der Waals surface area contributed by atoms with Crippen molar-refractivity contribution in [3.05, 3.63) is 46.8 Å². The highest BCUT2D eigenvalue weighted by Crippen LogP contribution is 2.34. The summed E-state index contributed by atoms with van der Waals surface area (Å²) < 4.78 is 0. The van der Waals surface area contributed by atoms with Crippen LogP contribution >= 0.6 is 11.3 Å². The zero-order valence-corrected chi connectivity index (χ0v) is 10.1. The van der Waals surface area contributed by atoms with Gasteiger partial charge in [0.05, 0.1) is 21.7 Å². The van der Waals surface area contributed by atoms with Gasteiger partial charge in [0.1, 0.15) is 12.1 Å². The third kappa shape index (κ3) is 1.41. The number of nitriles is 2. The standard InChI is InChI=1S/C14H7N3S/c15-7-9-5-6-18-14(9)13-11(8-16)10-3-1-2-4-12(10)17-13/h1-6,17H. The maximum atomic E-state index is 9.32. The molecule has 18 heavy (non-hydrogen) atoms. The van der Waals surface area contributed by atoms with Gasteiger partial charge in [0, 0.05) is 10.9 Å². The molecule has 0 saturated heterocycles. The topological polar surface area (TPSA) is 63.4 Å². The van der Waals surface area contributed by atoms with E-state index in [1.807, 2.05) is 29.6 Å². The first-order valence-corrected chi connectivity index (χ1v) is 6.22. The van der Waals surface area contributed by atoms with Crippen LogP contribution in [-0.4, -0.2) is 4.98 Å². The number of rotatable bonds is 1. The number of fused-ring (bicyclic) bond motifs is 1. The number of aromatic amines is 1. The molecule has 3 aromatic rings. The van der Waals surface area contributed by atoms with Crippen molar-refractivity contribution in [2.45, 2.75) is 0 Å². The summed E-state index contributed by atoms with van der Waals surface area (Å²) in [4.78, 5) is 4.05. The SMILES string of the molecule is N#Cc1ccsc1-c1[nH]c2ccccc2c1C#N. The van der Waals surface area contributed by atoms with Crippen molar-refractivity contribution in [2.75, 3.05) is 0 Å². The number of H-pyrrole nitrogens is 1. The van der Waals surface area contributed by atoms with Gasteiger partial charge >= 0.3 is 0 Å². The second kappa shape index (κ2) is 4.03. The normalized spacial score (nSPS) is 10.1. The van der Waals surface area contributed by atoms with E-state index in [9.17, 15) is 5.26 Å². The molecular weight excluding hydrogens is 242 g/mol. The van der Waals surface area contributed by atoms with E-state index in [-0.39, 0.29) is 0 Å². The Morgan fingerprint density at radius 3 is 2.67 bits per heavy atom. The molecule has 4 heteroatoms. The molecule has 0 amide bonds. The van der Waals surface area contributed by atoms with Gasteiger partial charge in [-0.05, 0) is 17.5 Å². The van der Waals surface area contributed by atoms with Crippen molar-refractivity contribution in [2.24, 2.45) is 0 Å². The van der Waals surface area contributed by atoms with Crippen LogP contribution in [0.2, 0.25) is 0 Å². The van der Waals surface area contributed by atoms with Crippen molar-refractivity contribution in [1.82, 2.24) is 4.98 Å². The fourth-order valence-electron chi connectivity index (χ4n) is 2.02. The van der Waals surface area contributed by atoms with E-state index in [0.717, 1.165) is 21.5 Å². The van der Waals surface area contributed by atoms with Gasteiger partial charge in [-0.25, -0.2) is 0 Å². The lowest BCUT2D eigenvalue weighted by Crippen LogP contribution is -1.80. The summed E-state index contributed by atoms with van der Waals surface area (Å²) in [6.07, 6.45) is 0. The highest BCUT2D eigenvalue weighted by molar-refractivity contribution is 7.13. The maximum Gasteiger partial charge on any atom is 0.102 e. The molecule has 1 aromatic carbocycles. The molecule has 0 aliphatic rings. The maximum absolute atomic E-state index is 9.32. The molecule has 0 unspecified atom stereocenters. The number of hydrogen-bond acceptors (Lipinski definition) is 3. The van der Waals surface area contributed by atoms with Crippen molar-refractivity contribution < 1.29 is 0 Å². The molecule has 0 atom stereocenters. The Kier molecular flexibility index (Phi) is 2.37. The molecule has 2 heterocycles. The molecule has 3 nitrogen and oxygen atoms in total. The van der Waals surface area contributed by atoms with Crippen LogP contribution in [0.3, 0.4) is 0 Å². The summed E-state index contributed by atoms with van der Waals surface area (Å²) in [5.41, 5.74) is 2.86. The first kappa shape index (κ1) is 10.6. The van der Waals surface area contributed by atoms with E-state index in [2.05, 4.69) is 17.1 Å². The molecule has 3 rings (SSSR count). The molecule has 84 valence electrons. The molecule has 0 radical (unpaired) electrons. The number of hydrogen-bond donors (Lipinski definition) is 1. The molecule has 0 aliphatic carbocycles. The monoisotopic (exact) mass is 249 g/mol. The lowest BCUT2D eigenvalue weighted by Gasteiger charge is -1.94. The Morgan fingerprint density at radius 1 is 1.06 bits per heavy atom. The highest BCUT2D eigenvalue weighted by Gasteiger charge is 2.16. The van der Waals surface area contributed by atoms with Crippen LogP contribution in [0, 0.1) is 22.7 Å². The van der Waals surface area contributed by atoms with Crippen LogP contribution in [0.25, 0.3) is 21.5 Å². The summed E-state index contributed by atoms with van der Waals surface area (Å²) in [5.74, 6) is 0. The number of thiophene rings is 1. The van der Waals surface area contributed by atoms with Crippen molar-refractivity contribution in [3.8, 4) is 22.7 Å². The predicted molar refractivity (Wildman–Crippen MR) is 71.0 cm³/mol. The molecule has 0 saturated carbocycles. The predicted octanol–water partition coefficient (Wildman–Crippen LogP) is 3.64. The zero-order valence-electron chi connectivity index (χ0n) is 9.27. The van der Waals surface area contributed by atoms with Gasteiger partial charge in [-0.3, -0.25) is 0 Å². The summed E-state index contributed by atoms with van der Waals surface area (Å²) in [6.45, 7) is 0. The van der Waals surface area contributed by atoms with Crippen LogP contribution in [0.4, 0.5) is 0 Å². The quantitative estimate of drug-likeness (QED) is 0.715. The zero-order chi connectivity index (χ0) is 12.5. The molecule has 0 spiro atoms. The Balaban J connectivity index is 2.38. The van der Waals surface area contributed by atoms with E-state index in [0.29, 0.717) is 11.1 Å². The number of nitrogens with zero attached hydrogens (tertiary/aromatic N) is 2. The highest BCUT2D eigenvalue weighted by atomic mass is 32.1. The van der Waals surface area contributed by atoms with Crippen LogP contribution in [-0.2, 0) is 0 Å². The van der Waals surface area contributed by atoms with Crippen molar-refractivity contribution in [3.63, 3.8) is 0 Å². The first-order valence-electron chi connectivity index (χ1n) is 5.34. The van der Waals surface area contributed by atoms with Gasteiger partial charge in [0.15, 0.2) is 0 Å². The second-order valence-electron chi connectivity index (χ2n) is 3.81. The average Bonchev–Trinajstić information content (AvgIpc) is 3.01. The third-order valence-electron chi connectivity index (χ3n) is 2.83. The van der Waals surface area contributed by atoms with Crippen LogP contribution in [0.15, 0.2) is 35.7 Å². The minimum absolute atomic E-state index is 0.600. The average molecular weight is 249 g/mol. The van der Waals surface area contributed by atoms with Crippen molar-refractivity contribution in [1.29, 1.82) is 10.5 Å². The van der Waals surface area contributed by atoms with E-state index in [1.165, 1.54) is 11.3 Å². The molecule has 2 aromatic heterocycles. The van der Waals surface area contributed by atoms with Crippen molar-refractivity contribution >= 4 is 22.2 Å².